The third-order valence-electron chi connectivity index (χ3n) is 4.37. The second-order valence-corrected chi connectivity index (χ2v) is 5.99. The van der Waals surface area contributed by atoms with Gasteiger partial charge < -0.3 is 15.0 Å². The monoisotopic (exact) mass is 348 g/mol. The molecular weight excluding hydrogens is 331 g/mol. The van der Waals surface area contributed by atoms with Crippen molar-refractivity contribution in [3.63, 3.8) is 0 Å². The third kappa shape index (κ3) is 2.69. The zero-order chi connectivity index (χ0) is 15.1. The van der Waals surface area contributed by atoms with Crippen LogP contribution in [0.15, 0.2) is 42.5 Å². The van der Waals surface area contributed by atoms with E-state index in [-0.39, 0.29) is 18.4 Å². The van der Waals surface area contributed by atoms with Crippen LogP contribution in [0.5, 0.6) is 5.75 Å². The van der Waals surface area contributed by atoms with Crippen molar-refractivity contribution >= 4 is 34.9 Å². The number of methoxy groups -OCH3 is 1. The average molecular weight is 349 g/mol. The number of hydrogen-bond acceptors (Lipinski definition) is 2. The molecule has 4 rings (SSSR count). The smallest absolute Gasteiger partial charge is 0.119 e. The van der Waals surface area contributed by atoms with E-state index in [4.69, 9.17) is 16.3 Å². The number of halogens is 2. The van der Waals surface area contributed by atoms with Gasteiger partial charge in [-0.1, -0.05) is 29.8 Å². The average Bonchev–Trinajstić information content (AvgIpc) is 2.93. The van der Waals surface area contributed by atoms with Crippen LogP contribution < -0.4 is 10.1 Å². The lowest BCUT2D eigenvalue weighted by Crippen LogP contribution is -2.30. The number of nitrogens with one attached hydrogen (secondary N) is 2. The molecule has 0 bridgehead atoms. The van der Waals surface area contributed by atoms with E-state index in [1.165, 1.54) is 16.6 Å². The summed E-state index contributed by atoms with van der Waals surface area (Å²) in [5.74, 6) is 0.891. The van der Waals surface area contributed by atoms with Gasteiger partial charge in [0.15, 0.2) is 0 Å². The van der Waals surface area contributed by atoms with E-state index in [0.29, 0.717) is 0 Å². The standard InChI is InChI=1S/C18H17ClN2O.ClH/c1-22-11-6-7-16-14(10-11)12-8-9-20-17(18(12)21-16)13-4-2-3-5-15(13)19;/h2-7,10,17,20-21H,8-9H2,1H3;1H. The Bertz CT molecular complexity index is 844. The van der Waals surface area contributed by atoms with E-state index in [1.54, 1.807) is 7.11 Å². The summed E-state index contributed by atoms with van der Waals surface area (Å²) >= 11 is 6.40. The van der Waals surface area contributed by atoms with Gasteiger partial charge in [0.2, 0.25) is 0 Å². The molecule has 1 atom stereocenters. The summed E-state index contributed by atoms with van der Waals surface area (Å²) in [7, 11) is 1.70. The van der Waals surface area contributed by atoms with Crippen LogP contribution in [0, 0.1) is 0 Å². The molecule has 23 heavy (non-hydrogen) atoms. The van der Waals surface area contributed by atoms with E-state index in [2.05, 4.69) is 28.5 Å². The van der Waals surface area contributed by atoms with E-state index >= 15 is 0 Å². The molecular formula is C18H18Cl2N2O. The summed E-state index contributed by atoms with van der Waals surface area (Å²) in [5, 5.41) is 5.61. The molecule has 0 fully saturated rings. The molecule has 1 aromatic heterocycles. The van der Waals surface area contributed by atoms with Crippen LogP contribution in [0.3, 0.4) is 0 Å². The second kappa shape index (κ2) is 6.44. The van der Waals surface area contributed by atoms with Gasteiger partial charge in [-0.15, -0.1) is 12.4 Å². The maximum absolute atomic E-state index is 6.40. The highest BCUT2D eigenvalue weighted by Gasteiger charge is 2.26. The molecule has 0 saturated carbocycles. The summed E-state index contributed by atoms with van der Waals surface area (Å²) < 4.78 is 5.36. The molecule has 0 amide bonds. The van der Waals surface area contributed by atoms with Crippen molar-refractivity contribution in [2.75, 3.05) is 13.7 Å². The zero-order valence-corrected chi connectivity index (χ0v) is 14.3. The Hall–Kier alpha value is -1.68. The largest absolute Gasteiger partial charge is 0.497 e. The van der Waals surface area contributed by atoms with Gasteiger partial charge in [-0.05, 0) is 41.8 Å². The lowest BCUT2D eigenvalue weighted by molar-refractivity contribution is 0.415. The molecule has 1 aliphatic rings. The Morgan fingerprint density at radius 3 is 2.78 bits per heavy atom. The van der Waals surface area contributed by atoms with Gasteiger partial charge in [-0.2, -0.15) is 0 Å². The van der Waals surface area contributed by atoms with Gasteiger partial charge in [0.05, 0.1) is 13.2 Å². The number of H-pyrrole nitrogens is 1. The second-order valence-electron chi connectivity index (χ2n) is 5.59. The van der Waals surface area contributed by atoms with E-state index in [9.17, 15) is 0 Å². The van der Waals surface area contributed by atoms with Crippen LogP contribution in [0.2, 0.25) is 5.02 Å². The van der Waals surface area contributed by atoms with Crippen molar-refractivity contribution in [2.45, 2.75) is 12.5 Å². The number of hydrogen-bond donors (Lipinski definition) is 2. The Kier molecular flexibility index (Phi) is 4.53. The number of fused-ring (bicyclic) bond motifs is 3. The Morgan fingerprint density at radius 2 is 2.00 bits per heavy atom. The Labute approximate surface area is 146 Å². The molecule has 3 aromatic rings. The maximum atomic E-state index is 6.40. The van der Waals surface area contributed by atoms with E-state index in [1.807, 2.05) is 24.3 Å². The summed E-state index contributed by atoms with van der Waals surface area (Å²) in [6, 6.07) is 14.3. The van der Waals surface area contributed by atoms with E-state index < -0.39 is 0 Å². The van der Waals surface area contributed by atoms with Crippen LogP contribution in [0.1, 0.15) is 22.9 Å². The molecule has 2 heterocycles. The number of benzene rings is 2. The first kappa shape index (κ1) is 16.2. The first-order chi connectivity index (χ1) is 10.8. The minimum Gasteiger partial charge on any atom is -0.497 e. The number of rotatable bonds is 2. The van der Waals surface area contributed by atoms with Crippen molar-refractivity contribution in [3.8, 4) is 5.75 Å². The summed E-state index contributed by atoms with van der Waals surface area (Å²) in [6.45, 7) is 0.938. The third-order valence-corrected chi connectivity index (χ3v) is 4.72. The van der Waals surface area contributed by atoms with Gasteiger partial charge in [0.1, 0.15) is 5.75 Å². The van der Waals surface area contributed by atoms with Gasteiger partial charge in [0, 0.05) is 28.2 Å². The molecule has 5 heteroatoms. The van der Waals surface area contributed by atoms with E-state index in [0.717, 1.165) is 34.8 Å². The molecule has 1 unspecified atom stereocenters. The number of aromatic nitrogens is 1. The lowest BCUT2D eigenvalue weighted by Gasteiger charge is -2.25. The molecule has 2 N–H and O–H groups in total. The molecule has 120 valence electrons. The normalized spacial score (nSPS) is 16.7. The molecule has 2 aromatic carbocycles. The topological polar surface area (TPSA) is 37.0 Å². The Balaban J connectivity index is 0.00000156. The van der Waals surface area contributed by atoms with Gasteiger partial charge in [-0.3, -0.25) is 0 Å². The highest BCUT2D eigenvalue weighted by Crippen LogP contribution is 2.36. The van der Waals surface area contributed by atoms with Crippen LogP contribution in [0.4, 0.5) is 0 Å². The molecule has 0 spiro atoms. The van der Waals surface area contributed by atoms with Crippen LogP contribution >= 0.6 is 24.0 Å². The summed E-state index contributed by atoms with van der Waals surface area (Å²) in [5.41, 5.74) is 4.83. The van der Waals surface area contributed by atoms with Gasteiger partial charge >= 0.3 is 0 Å². The lowest BCUT2D eigenvalue weighted by atomic mass is 9.94. The highest BCUT2D eigenvalue weighted by atomic mass is 35.5. The Morgan fingerprint density at radius 1 is 1.17 bits per heavy atom. The van der Waals surface area contributed by atoms with Crippen LogP contribution in [0.25, 0.3) is 10.9 Å². The summed E-state index contributed by atoms with van der Waals surface area (Å²) in [4.78, 5) is 3.57. The first-order valence-electron chi connectivity index (χ1n) is 7.44. The molecule has 0 radical (unpaired) electrons. The quantitative estimate of drug-likeness (QED) is 0.715. The predicted molar refractivity (Wildman–Crippen MR) is 97.1 cm³/mol. The zero-order valence-electron chi connectivity index (χ0n) is 12.7. The summed E-state index contributed by atoms with van der Waals surface area (Å²) in [6.07, 6.45) is 1.00. The SMILES string of the molecule is COc1ccc2[nH]c3c(c2c1)CCNC3c1ccccc1Cl.Cl. The van der Waals surface area contributed by atoms with Crippen molar-refractivity contribution in [1.29, 1.82) is 0 Å². The first-order valence-corrected chi connectivity index (χ1v) is 7.82. The van der Waals surface area contributed by atoms with Crippen molar-refractivity contribution in [3.05, 3.63) is 64.3 Å². The minimum absolute atomic E-state index is 0. The fourth-order valence-corrected chi connectivity index (χ4v) is 3.55. The fourth-order valence-electron chi connectivity index (χ4n) is 3.31. The van der Waals surface area contributed by atoms with Gasteiger partial charge in [-0.25, -0.2) is 0 Å². The highest BCUT2D eigenvalue weighted by molar-refractivity contribution is 6.31. The van der Waals surface area contributed by atoms with Crippen molar-refractivity contribution < 1.29 is 4.74 Å². The van der Waals surface area contributed by atoms with Crippen LogP contribution in [-0.4, -0.2) is 18.6 Å². The predicted octanol–water partition coefficient (Wildman–Crippen LogP) is 4.49. The number of aromatic amines is 1. The molecule has 3 nitrogen and oxygen atoms in total. The van der Waals surface area contributed by atoms with Crippen molar-refractivity contribution in [1.82, 2.24) is 10.3 Å². The molecule has 1 aliphatic heterocycles. The van der Waals surface area contributed by atoms with Gasteiger partial charge in [0.25, 0.3) is 0 Å². The molecule has 0 saturated heterocycles. The van der Waals surface area contributed by atoms with Crippen molar-refractivity contribution in [2.24, 2.45) is 0 Å². The number of ether oxygens (including phenoxy) is 1. The minimum atomic E-state index is 0. The van der Waals surface area contributed by atoms with Crippen LogP contribution in [-0.2, 0) is 6.42 Å². The molecule has 0 aliphatic carbocycles. The fraction of sp³-hybridized carbons (Fsp3) is 0.222. The maximum Gasteiger partial charge on any atom is 0.119 e.